The highest BCUT2D eigenvalue weighted by Gasteiger charge is 2.33. The Bertz CT molecular complexity index is 789. The van der Waals surface area contributed by atoms with Gasteiger partial charge in [-0.05, 0) is 56.2 Å². The zero-order valence-corrected chi connectivity index (χ0v) is 17.1. The lowest BCUT2D eigenvalue weighted by Crippen LogP contribution is -2.31. The lowest BCUT2D eigenvalue weighted by Gasteiger charge is -2.19. The molecular formula is C22H31N3O2. The van der Waals surface area contributed by atoms with Gasteiger partial charge in [0.05, 0.1) is 25.3 Å². The van der Waals surface area contributed by atoms with Crippen molar-refractivity contribution in [3.05, 3.63) is 46.8 Å². The van der Waals surface area contributed by atoms with Crippen molar-refractivity contribution in [2.45, 2.75) is 59.5 Å². The van der Waals surface area contributed by atoms with E-state index in [2.05, 4.69) is 43.3 Å². The molecule has 1 aliphatic rings. The summed E-state index contributed by atoms with van der Waals surface area (Å²) < 4.78 is 7.28. The Labute approximate surface area is 162 Å². The Morgan fingerprint density at radius 2 is 1.93 bits per heavy atom. The van der Waals surface area contributed by atoms with E-state index in [1.54, 1.807) is 7.11 Å². The maximum atomic E-state index is 12.8. The first-order valence-electron chi connectivity index (χ1n) is 9.85. The summed E-state index contributed by atoms with van der Waals surface area (Å²) in [5.74, 6) is 1.97. The number of aromatic nitrogens is 2. The Hall–Kier alpha value is -2.30. The van der Waals surface area contributed by atoms with Gasteiger partial charge in [0.1, 0.15) is 5.75 Å². The highest BCUT2D eigenvalue weighted by molar-refractivity contribution is 5.79. The summed E-state index contributed by atoms with van der Waals surface area (Å²) in [6, 6.07) is 8.11. The van der Waals surface area contributed by atoms with Crippen molar-refractivity contribution >= 4 is 5.91 Å². The molecule has 0 spiro atoms. The second-order valence-electron chi connectivity index (χ2n) is 8.06. The first kappa shape index (κ1) is 19.5. The molecule has 0 bridgehead atoms. The summed E-state index contributed by atoms with van der Waals surface area (Å²) in [4.78, 5) is 12.8. The van der Waals surface area contributed by atoms with E-state index >= 15 is 0 Å². The van der Waals surface area contributed by atoms with Crippen molar-refractivity contribution in [1.29, 1.82) is 0 Å². The normalized spacial score (nSPS) is 15.0. The second kappa shape index (κ2) is 8.15. The van der Waals surface area contributed by atoms with E-state index in [4.69, 9.17) is 4.74 Å². The van der Waals surface area contributed by atoms with Crippen LogP contribution in [0.2, 0.25) is 0 Å². The summed E-state index contributed by atoms with van der Waals surface area (Å²) in [7, 11) is 1.67. The van der Waals surface area contributed by atoms with Gasteiger partial charge in [-0.2, -0.15) is 5.10 Å². The van der Waals surface area contributed by atoms with Crippen LogP contribution in [-0.4, -0.2) is 22.8 Å². The molecule has 27 heavy (non-hydrogen) atoms. The summed E-state index contributed by atoms with van der Waals surface area (Å²) in [5.41, 5.74) is 4.26. The van der Waals surface area contributed by atoms with Gasteiger partial charge in [0.15, 0.2) is 0 Å². The van der Waals surface area contributed by atoms with Crippen LogP contribution in [0.1, 0.15) is 55.2 Å². The molecule has 5 heteroatoms. The number of aryl methyl sites for hydroxylation is 1. The van der Waals surface area contributed by atoms with Crippen LogP contribution in [-0.2, 0) is 17.8 Å². The van der Waals surface area contributed by atoms with Gasteiger partial charge >= 0.3 is 0 Å². The minimum absolute atomic E-state index is 0.0676. The molecule has 1 N–H and O–H groups in total. The number of benzene rings is 1. The van der Waals surface area contributed by atoms with Crippen LogP contribution in [0.25, 0.3) is 0 Å². The van der Waals surface area contributed by atoms with E-state index in [0.717, 1.165) is 34.8 Å². The molecule has 3 rings (SSSR count). The zero-order chi connectivity index (χ0) is 19.6. The molecule has 5 nitrogen and oxygen atoms in total. The molecule has 1 amide bonds. The molecular weight excluding hydrogens is 338 g/mol. The SMILES string of the molecule is COc1ccc(C(NC(=O)Cc2c(C)nn(CC(C)C)c2C)C2CC2)cc1. The van der Waals surface area contributed by atoms with E-state index < -0.39 is 0 Å². The van der Waals surface area contributed by atoms with E-state index in [1.165, 1.54) is 12.8 Å². The number of methoxy groups -OCH3 is 1. The Kier molecular flexibility index (Phi) is 5.88. The lowest BCUT2D eigenvalue weighted by atomic mass is 10.0. The van der Waals surface area contributed by atoms with Gasteiger partial charge in [0, 0.05) is 17.8 Å². The Morgan fingerprint density at radius 3 is 2.48 bits per heavy atom. The number of amides is 1. The van der Waals surface area contributed by atoms with Crippen LogP contribution in [0.15, 0.2) is 24.3 Å². The summed E-state index contributed by atoms with van der Waals surface area (Å²) in [6.07, 6.45) is 2.72. The molecule has 0 aliphatic heterocycles. The third-order valence-corrected chi connectivity index (χ3v) is 5.29. The molecule has 1 unspecified atom stereocenters. The van der Waals surface area contributed by atoms with Crippen LogP contribution < -0.4 is 10.1 Å². The molecule has 1 aliphatic carbocycles. The monoisotopic (exact) mass is 369 g/mol. The van der Waals surface area contributed by atoms with Gasteiger partial charge in [-0.15, -0.1) is 0 Å². The van der Waals surface area contributed by atoms with Crippen molar-refractivity contribution in [3.63, 3.8) is 0 Å². The smallest absolute Gasteiger partial charge is 0.225 e. The van der Waals surface area contributed by atoms with Gasteiger partial charge in [0.2, 0.25) is 5.91 Å². The minimum atomic E-state index is 0.0676. The van der Waals surface area contributed by atoms with Crippen molar-refractivity contribution in [1.82, 2.24) is 15.1 Å². The van der Waals surface area contributed by atoms with Gasteiger partial charge < -0.3 is 10.1 Å². The second-order valence-corrected chi connectivity index (χ2v) is 8.06. The van der Waals surface area contributed by atoms with Crippen LogP contribution in [0.5, 0.6) is 5.75 Å². The fraction of sp³-hybridized carbons (Fsp3) is 0.545. The lowest BCUT2D eigenvalue weighted by molar-refractivity contribution is -0.121. The molecule has 1 aromatic carbocycles. The average Bonchev–Trinajstić information content (AvgIpc) is 3.44. The number of hydrogen-bond donors (Lipinski definition) is 1. The third-order valence-electron chi connectivity index (χ3n) is 5.29. The zero-order valence-electron chi connectivity index (χ0n) is 17.1. The first-order valence-corrected chi connectivity index (χ1v) is 9.85. The quantitative estimate of drug-likeness (QED) is 0.766. The predicted molar refractivity (Wildman–Crippen MR) is 107 cm³/mol. The number of nitrogens with zero attached hydrogens (tertiary/aromatic N) is 2. The van der Waals surface area contributed by atoms with Gasteiger partial charge in [-0.1, -0.05) is 26.0 Å². The van der Waals surface area contributed by atoms with Crippen LogP contribution in [0, 0.1) is 25.7 Å². The number of nitrogens with one attached hydrogen (secondary N) is 1. The standard InChI is InChI=1S/C22H31N3O2/c1-14(2)13-25-16(4)20(15(3)24-25)12-21(26)23-22(17-6-7-17)18-8-10-19(27-5)11-9-18/h8-11,14,17,22H,6-7,12-13H2,1-5H3,(H,23,26). The molecule has 2 aromatic rings. The maximum Gasteiger partial charge on any atom is 0.225 e. The highest BCUT2D eigenvalue weighted by Crippen LogP contribution is 2.41. The molecule has 146 valence electrons. The van der Waals surface area contributed by atoms with Gasteiger partial charge in [-0.25, -0.2) is 0 Å². The molecule has 0 saturated heterocycles. The van der Waals surface area contributed by atoms with Crippen molar-refractivity contribution in [2.24, 2.45) is 11.8 Å². The summed E-state index contributed by atoms with van der Waals surface area (Å²) in [6.45, 7) is 9.29. The predicted octanol–water partition coefficient (Wildman–Crippen LogP) is 3.97. The number of ether oxygens (including phenoxy) is 1. The maximum absolute atomic E-state index is 12.8. The Balaban J connectivity index is 1.71. The number of rotatable bonds is 8. The minimum Gasteiger partial charge on any atom is -0.497 e. The fourth-order valence-electron chi connectivity index (χ4n) is 3.61. The Morgan fingerprint density at radius 1 is 1.26 bits per heavy atom. The fourth-order valence-corrected chi connectivity index (χ4v) is 3.61. The molecule has 1 aromatic heterocycles. The number of carbonyl (C=O) groups is 1. The summed E-state index contributed by atoms with van der Waals surface area (Å²) in [5, 5.41) is 7.90. The van der Waals surface area contributed by atoms with E-state index in [9.17, 15) is 4.79 Å². The van der Waals surface area contributed by atoms with Crippen LogP contribution >= 0.6 is 0 Å². The molecule has 0 radical (unpaired) electrons. The van der Waals surface area contributed by atoms with E-state index in [-0.39, 0.29) is 11.9 Å². The van der Waals surface area contributed by atoms with Crippen LogP contribution in [0.3, 0.4) is 0 Å². The first-order chi connectivity index (χ1) is 12.9. The van der Waals surface area contributed by atoms with E-state index in [0.29, 0.717) is 18.3 Å². The molecule has 1 heterocycles. The molecule has 1 atom stereocenters. The van der Waals surface area contributed by atoms with Crippen molar-refractivity contribution in [3.8, 4) is 5.75 Å². The molecule has 1 fully saturated rings. The van der Waals surface area contributed by atoms with E-state index in [1.807, 2.05) is 23.7 Å². The average molecular weight is 370 g/mol. The van der Waals surface area contributed by atoms with Gasteiger partial charge in [0.25, 0.3) is 0 Å². The topological polar surface area (TPSA) is 56.1 Å². The third kappa shape index (κ3) is 4.71. The summed E-state index contributed by atoms with van der Waals surface area (Å²) >= 11 is 0. The van der Waals surface area contributed by atoms with Crippen LogP contribution in [0.4, 0.5) is 0 Å². The van der Waals surface area contributed by atoms with Crippen molar-refractivity contribution in [2.75, 3.05) is 7.11 Å². The van der Waals surface area contributed by atoms with Gasteiger partial charge in [-0.3, -0.25) is 9.48 Å². The molecule has 1 saturated carbocycles. The number of hydrogen-bond acceptors (Lipinski definition) is 3. The largest absolute Gasteiger partial charge is 0.497 e. The number of carbonyl (C=O) groups excluding carboxylic acids is 1. The highest BCUT2D eigenvalue weighted by atomic mass is 16.5. The van der Waals surface area contributed by atoms with Crippen molar-refractivity contribution < 1.29 is 9.53 Å².